The molecule has 94 valence electrons. The average Bonchev–Trinajstić information content (AvgIpc) is 2.82. The van der Waals surface area contributed by atoms with Gasteiger partial charge >= 0.3 is 0 Å². The fraction of sp³-hybridized carbons (Fsp3) is 0.615. The first-order chi connectivity index (χ1) is 8.28. The molecule has 0 saturated carbocycles. The molecule has 2 unspecified atom stereocenters. The lowest BCUT2D eigenvalue weighted by Gasteiger charge is -2.22. The Morgan fingerprint density at radius 2 is 2.47 bits per heavy atom. The third-order valence-electron chi connectivity index (χ3n) is 2.95. The molecular weight excluding hydrogens is 248 g/mol. The summed E-state index contributed by atoms with van der Waals surface area (Å²) in [5.74, 6) is 1.20. The van der Waals surface area contributed by atoms with Crippen molar-refractivity contribution in [2.75, 3.05) is 5.75 Å². The van der Waals surface area contributed by atoms with E-state index >= 15 is 0 Å². The molecule has 2 rings (SSSR count). The summed E-state index contributed by atoms with van der Waals surface area (Å²) in [5.41, 5.74) is 1.42. The number of nitrogens with zero attached hydrogens (tertiary/aromatic N) is 1. The van der Waals surface area contributed by atoms with Gasteiger partial charge in [0.15, 0.2) is 5.17 Å². The van der Waals surface area contributed by atoms with Crippen LogP contribution in [0.5, 0.6) is 0 Å². The fourth-order valence-electron chi connectivity index (χ4n) is 1.96. The highest BCUT2D eigenvalue weighted by molar-refractivity contribution is 8.13. The maximum absolute atomic E-state index is 4.74. The highest BCUT2D eigenvalue weighted by Gasteiger charge is 2.15. The third-order valence-corrected chi connectivity index (χ3v) is 4.62. The van der Waals surface area contributed by atoms with Crippen LogP contribution in [-0.4, -0.2) is 23.0 Å². The van der Waals surface area contributed by atoms with Crippen molar-refractivity contribution in [2.45, 2.75) is 45.2 Å². The van der Waals surface area contributed by atoms with Crippen LogP contribution in [0.2, 0.25) is 0 Å². The molecular formula is C13H20N2S2. The smallest absolute Gasteiger partial charge is 0.157 e. The van der Waals surface area contributed by atoms with E-state index in [1.807, 2.05) is 11.8 Å². The van der Waals surface area contributed by atoms with Gasteiger partial charge in [-0.3, -0.25) is 4.99 Å². The Bertz CT molecular complexity index is 360. The highest BCUT2D eigenvalue weighted by Crippen LogP contribution is 2.19. The van der Waals surface area contributed by atoms with Gasteiger partial charge in [0, 0.05) is 11.8 Å². The molecule has 0 radical (unpaired) electrons. The van der Waals surface area contributed by atoms with E-state index in [-0.39, 0.29) is 0 Å². The van der Waals surface area contributed by atoms with Crippen LogP contribution in [0.4, 0.5) is 0 Å². The van der Waals surface area contributed by atoms with Gasteiger partial charge in [0.2, 0.25) is 0 Å². The summed E-state index contributed by atoms with van der Waals surface area (Å²) in [6.07, 6.45) is 3.47. The van der Waals surface area contributed by atoms with E-state index in [0.717, 1.165) is 18.0 Å². The molecule has 0 saturated heterocycles. The van der Waals surface area contributed by atoms with E-state index in [1.165, 1.54) is 17.7 Å². The van der Waals surface area contributed by atoms with Crippen LogP contribution in [0.3, 0.4) is 0 Å². The number of aliphatic imine (C=N–C) groups is 1. The van der Waals surface area contributed by atoms with E-state index in [1.54, 1.807) is 11.3 Å². The zero-order valence-corrected chi connectivity index (χ0v) is 12.1. The molecule has 0 amide bonds. The molecule has 0 fully saturated rings. The van der Waals surface area contributed by atoms with Gasteiger partial charge in [-0.25, -0.2) is 0 Å². The number of amidine groups is 1. The van der Waals surface area contributed by atoms with E-state index in [9.17, 15) is 0 Å². The molecule has 2 nitrogen and oxygen atoms in total. The van der Waals surface area contributed by atoms with Crippen LogP contribution < -0.4 is 5.32 Å². The van der Waals surface area contributed by atoms with Gasteiger partial charge in [-0.2, -0.15) is 11.3 Å². The van der Waals surface area contributed by atoms with E-state index in [0.29, 0.717) is 12.1 Å². The predicted molar refractivity (Wildman–Crippen MR) is 79.2 cm³/mol. The average molecular weight is 268 g/mol. The Morgan fingerprint density at radius 3 is 3.18 bits per heavy atom. The van der Waals surface area contributed by atoms with Crippen molar-refractivity contribution in [3.63, 3.8) is 0 Å². The van der Waals surface area contributed by atoms with E-state index in [2.05, 4.69) is 36.0 Å². The number of hydrogen-bond acceptors (Lipinski definition) is 4. The van der Waals surface area contributed by atoms with Gasteiger partial charge < -0.3 is 5.32 Å². The van der Waals surface area contributed by atoms with Crippen molar-refractivity contribution in [3.8, 4) is 0 Å². The van der Waals surface area contributed by atoms with Crippen molar-refractivity contribution in [3.05, 3.63) is 22.4 Å². The summed E-state index contributed by atoms with van der Waals surface area (Å²) in [6, 6.07) is 3.20. The number of nitrogens with one attached hydrogen (secondary N) is 1. The van der Waals surface area contributed by atoms with Crippen molar-refractivity contribution < 1.29 is 0 Å². The molecule has 1 N–H and O–H groups in total. The Balaban J connectivity index is 1.85. The number of thioether (sulfide) groups is 1. The molecule has 0 aliphatic carbocycles. The lowest BCUT2D eigenvalue weighted by atomic mass is 10.1. The van der Waals surface area contributed by atoms with Gasteiger partial charge in [-0.05, 0) is 48.6 Å². The largest absolute Gasteiger partial charge is 0.362 e. The van der Waals surface area contributed by atoms with Crippen molar-refractivity contribution in [2.24, 2.45) is 4.99 Å². The molecule has 1 aliphatic rings. The Hall–Kier alpha value is -0.480. The maximum Gasteiger partial charge on any atom is 0.157 e. The minimum atomic E-state index is 0.464. The second-order valence-electron chi connectivity index (χ2n) is 4.51. The SMILES string of the molecule is CCC1CCSC(NC(C)Cc2ccsc2)=N1. The van der Waals surface area contributed by atoms with Crippen molar-refractivity contribution in [1.29, 1.82) is 0 Å². The van der Waals surface area contributed by atoms with E-state index < -0.39 is 0 Å². The topological polar surface area (TPSA) is 24.4 Å². The van der Waals surface area contributed by atoms with Gasteiger partial charge in [-0.15, -0.1) is 0 Å². The fourth-order valence-corrected chi connectivity index (χ4v) is 3.73. The highest BCUT2D eigenvalue weighted by atomic mass is 32.2. The molecule has 0 spiro atoms. The molecule has 4 heteroatoms. The number of hydrogen-bond donors (Lipinski definition) is 1. The molecule has 1 aliphatic heterocycles. The first kappa shape index (κ1) is 13.0. The standard InChI is InChI=1S/C13H20N2S2/c1-3-12-5-7-17-13(15-12)14-10(2)8-11-4-6-16-9-11/h4,6,9-10,12H,3,5,7-8H2,1-2H3,(H,14,15). The maximum atomic E-state index is 4.74. The van der Waals surface area contributed by atoms with Gasteiger partial charge in [0.25, 0.3) is 0 Å². The summed E-state index contributed by atoms with van der Waals surface area (Å²) >= 11 is 3.63. The zero-order chi connectivity index (χ0) is 12.1. The summed E-state index contributed by atoms with van der Waals surface area (Å²) in [5, 5.41) is 9.05. The molecule has 17 heavy (non-hydrogen) atoms. The molecule has 2 atom stereocenters. The second kappa shape index (κ2) is 6.45. The third kappa shape index (κ3) is 4.03. The first-order valence-electron chi connectivity index (χ1n) is 6.26. The van der Waals surface area contributed by atoms with Crippen LogP contribution in [-0.2, 0) is 6.42 Å². The quantitative estimate of drug-likeness (QED) is 0.903. The predicted octanol–water partition coefficient (Wildman–Crippen LogP) is 3.54. The minimum absolute atomic E-state index is 0.464. The summed E-state index contributed by atoms with van der Waals surface area (Å²) in [7, 11) is 0. The molecule has 0 bridgehead atoms. The van der Waals surface area contributed by atoms with Gasteiger partial charge in [-0.1, -0.05) is 18.7 Å². The summed E-state index contributed by atoms with van der Waals surface area (Å²) < 4.78 is 0. The lowest BCUT2D eigenvalue weighted by molar-refractivity contribution is 0.614. The molecule has 1 aromatic heterocycles. The first-order valence-corrected chi connectivity index (χ1v) is 8.19. The Labute approximate surface area is 112 Å². The molecule has 2 heterocycles. The Kier molecular flexibility index (Phi) is 4.92. The van der Waals surface area contributed by atoms with Gasteiger partial charge in [0.05, 0.1) is 6.04 Å². The van der Waals surface area contributed by atoms with E-state index in [4.69, 9.17) is 4.99 Å². The van der Waals surface area contributed by atoms with Crippen molar-refractivity contribution in [1.82, 2.24) is 5.32 Å². The Morgan fingerprint density at radius 1 is 1.59 bits per heavy atom. The van der Waals surface area contributed by atoms with Crippen LogP contribution in [0.1, 0.15) is 32.3 Å². The second-order valence-corrected chi connectivity index (χ2v) is 6.38. The number of thiophene rings is 1. The summed E-state index contributed by atoms with van der Waals surface area (Å²) in [6.45, 7) is 4.45. The number of rotatable bonds is 4. The minimum Gasteiger partial charge on any atom is -0.362 e. The van der Waals surface area contributed by atoms with Gasteiger partial charge in [0.1, 0.15) is 0 Å². The van der Waals surface area contributed by atoms with Crippen LogP contribution in [0, 0.1) is 0 Å². The molecule has 1 aromatic rings. The normalized spacial score (nSPS) is 22.0. The monoisotopic (exact) mass is 268 g/mol. The zero-order valence-electron chi connectivity index (χ0n) is 10.5. The van der Waals surface area contributed by atoms with Crippen LogP contribution in [0.25, 0.3) is 0 Å². The lowest BCUT2D eigenvalue weighted by Crippen LogP contribution is -2.35. The van der Waals surface area contributed by atoms with Crippen LogP contribution in [0.15, 0.2) is 21.8 Å². The molecule has 0 aromatic carbocycles. The summed E-state index contributed by atoms with van der Waals surface area (Å²) in [4.78, 5) is 4.74. The van der Waals surface area contributed by atoms with Crippen LogP contribution >= 0.6 is 23.1 Å². The van der Waals surface area contributed by atoms with Crippen molar-refractivity contribution >= 4 is 28.3 Å².